The molecule has 3 aliphatic heterocycles. The Bertz CT molecular complexity index is 940. The molecule has 0 radical (unpaired) electrons. The number of benzene rings is 1. The van der Waals surface area contributed by atoms with Gasteiger partial charge in [0, 0.05) is 31.9 Å². The normalized spacial score (nSPS) is 18.9. The van der Waals surface area contributed by atoms with E-state index in [1.807, 2.05) is 32.6 Å². The highest BCUT2D eigenvalue weighted by molar-refractivity contribution is 6.07. The van der Waals surface area contributed by atoms with Gasteiger partial charge in [0.1, 0.15) is 0 Å². The standard InChI is InChI=1S/C23H28N4O2/c28-22(27-16-12-17-9-3-4-10-18(17)27)20-19-11-5-8-15-26(19)21(24-20)23(29)25-13-6-1-2-7-14-25/h3-4,9-10H,1-2,5-8,11-16H2. The molecule has 0 saturated carbocycles. The van der Waals surface area contributed by atoms with Gasteiger partial charge >= 0.3 is 0 Å². The highest BCUT2D eigenvalue weighted by Crippen LogP contribution is 2.31. The van der Waals surface area contributed by atoms with Crippen LogP contribution in [0.15, 0.2) is 24.3 Å². The Hall–Kier alpha value is -2.63. The largest absolute Gasteiger partial charge is 0.336 e. The van der Waals surface area contributed by atoms with Crippen LogP contribution in [0.5, 0.6) is 0 Å². The number of para-hydroxylation sites is 1. The molecule has 3 aliphatic rings. The van der Waals surface area contributed by atoms with E-state index in [4.69, 9.17) is 4.98 Å². The average Bonchev–Trinajstić information content (AvgIpc) is 3.25. The first-order valence-corrected chi connectivity index (χ1v) is 11.0. The second-order valence-electron chi connectivity index (χ2n) is 8.38. The van der Waals surface area contributed by atoms with Gasteiger partial charge < -0.3 is 14.4 Å². The minimum absolute atomic E-state index is 0.00378. The predicted molar refractivity (Wildman–Crippen MR) is 111 cm³/mol. The molecule has 6 heteroatoms. The van der Waals surface area contributed by atoms with E-state index in [0.29, 0.717) is 18.1 Å². The summed E-state index contributed by atoms with van der Waals surface area (Å²) in [5, 5.41) is 0. The highest BCUT2D eigenvalue weighted by Gasteiger charge is 2.34. The lowest BCUT2D eigenvalue weighted by atomic mass is 10.1. The summed E-state index contributed by atoms with van der Waals surface area (Å²) in [6.45, 7) is 3.05. The summed E-state index contributed by atoms with van der Waals surface area (Å²) >= 11 is 0. The summed E-state index contributed by atoms with van der Waals surface area (Å²) in [7, 11) is 0. The van der Waals surface area contributed by atoms with E-state index in [2.05, 4.69) is 6.07 Å². The highest BCUT2D eigenvalue weighted by atomic mass is 16.2. The lowest BCUT2D eigenvalue weighted by molar-refractivity contribution is 0.0743. The first-order chi connectivity index (χ1) is 14.2. The van der Waals surface area contributed by atoms with E-state index in [1.165, 1.54) is 18.4 Å². The lowest BCUT2D eigenvalue weighted by Crippen LogP contribution is -2.34. The van der Waals surface area contributed by atoms with Crippen molar-refractivity contribution in [3.63, 3.8) is 0 Å². The van der Waals surface area contributed by atoms with Gasteiger partial charge in [-0.1, -0.05) is 31.0 Å². The van der Waals surface area contributed by atoms with Crippen LogP contribution in [0.3, 0.4) is 0 Å². The molecule has 152 valence electrons. The molecular formula is C23H28N4O2. The quantitative estimate of drug-likeness (QED) is 0.787. The molecule has 2 amide bonds. The number of rotatable bonds is 2. The van der Waals surface area contributed by atoms with Gasteiger partial charge in [0.05, 0.1) is 5.69 Å². The summed E-state index contributed by atoms with van der Waals surface area (Å²) in [6.07, 6.45) is 8.23. The Kier molecular flexibility index (Phi) is 4.86. The van der Waals surface area contributed by atoms with Crippen molar-refractivity contribution in [1.29, 1.82) is 0 Å². The Morgan fingerprint density at radius 1 is 0.793 bits per heavy atom. The van der Waals surface area contributed by atoms with E-state index < -0.39 is 0 Å². The first-order valence-electron chi connectivity index (χ1n) is 11.0. The molecule has 6 nitrogen and oxygen atoms in total. The second-order valence-corrected chi connectivity index (χ2v) is 8.38. The number of carbonyl (C=O) groups is 2. The minimum atomic E-state index is -0.0597. The molecule has 1 fully saturated rings. The van der Waals surface area contributed by atoms with Crippen LogP contribution in [-0.2, 0) is 19.4 Å². The smallest absolute Gasteiger partial charge is 0.289 e. The van der Waals surface area contributed by atoms with Gasteiger partial charge in [0.15, 0.2) is 11.5 Å². The molecule has 0 unspecified atom stereocenters. The van der Waals surface area contributed by atoms with E-state index in [-0.39, 0.29) is 11.8 Å². The Labute approximate surface area is 171 Å². The number of likely N-dealkylation sites (tertiary alicyclic amines) is 1. The van der Waals surface area contributed by atoms with Crippen LogP contribution in [0, 0.1) is 0 Å². The fourth-order valence-corrected chi connectivity index (χ4v) is 4.97. The number of amides is 2. The molecule has 2 aromatic rings. The molecule has 0 aliphatic carbocycles. The van der Waals surface area contributed by atoms with Gasteiger partial charge in [-0.2, -0.15) is 0 Å². The zero-order chi connectivity index (χ0) is 19.8. The van der Waals surface area contributed by atoms with E-state index >= 15 is 0 Å². The van der Waals surface area contributed by atoms with Crippen molar-refractivity contribution in [3.05, 3.63) is 47.0 Å². The third-order valence-corrected chi connectivity index (χ3v) is 6.54. The number of hydrogen-bond donors (Lipinski definition) is 0. The van der Waals surface area contributed by atoms with Crippen LogP contribution in [0.1, 0.15) is 70.9 Å². The number of anilines is 1. The average molecular weight is 393 g/mol. The van der Waals surface area contributed by atoms with Crippen LogP contribution in [0.2, 0.25) is 0 Å². The molecule has 4 heterocycles. The summed E-state index contributed by atoms with van der Waals surface area (Å²) in [4.78, 5) is 35.2. The Balaban J connectivity index is 1.49. The molecule has 1 aromatic heterocycles. The van der Waals surface area contributed by atoms with Crippen molar-refractivity contribution in [2.45, 2.75) is 57.9 Å². The fourth-order valence-electron chi connectivity index (χ4n) is 4.97. The van der Waals surface area contributed by atoms with Crippen LogP contribution >= 0.6 is 0 Å². The topological polar surface area (TPSA) is 58.4 Å². The zero-order valence-corrected chi connectivity index (χ0v) is 16.9. The SMILES string of the molecule is O=C(c1nc(C(=O)N2CCc3ccccc32)c2n1CCCC2)N1CCCCCC1. The molecule has 5 rings (SSSR count). The Morgan fingerprint density at radius 3 is 2.38 bits per heavy atom. The third kappa shape index (κ3) is 3.24. The number of fused-ring (bicyclic) bond motifs is 2. The lowest BCUT2D eigenvalue weighted by Gasteiger charge is -2.22. The zero-order valence-electron chi connectivity index (χ0n) is 16.9. The molecule has 0 atom stereocenters. The van der Waals surface area contributed by atoms with Crippen LogP contribution in [0.4, 0.5) is 5.69 Å². The monoisotopic (exact) mass is 392 g/mol. The molecule has 0 spiro atoms. The maximum Gasteiger partial charge on any atom is 0.289 e. The third-order valence-electron chi connectivity index (χ3n) is 6.54. The van der Waals surface area contributed by atoms with Crippen molar-refractivity contribution in [2.75, 3.05) is 24.5 Å². The predicted octanol–water partition coefficient (Wildman–Crippen LogP) is 3.44. The second kappa shape index (κ2) is 7.65. The van der Waals surface area contributed by atoms with Gasteiger partial charge in [-0.05, 0) is 50.2 Å². The summed E-state index contributed by atoms with van der Waals surface area (Å²) in [5.41, 5.74) is 3.62. The van der Waals surface area contributed by atoms with Crippen LogP contribution < -0.4 is 4.90 Å². The summed E-state index contributed by atoms with van der Waals surface area (Å²) in [6, 6.07) is 8.08. The van der Waals surface area contributed by atoms with Crippen molar-refractivity contribution in [2.24, 2.45) is 0 Å². The maximum absolute atomic E-state index is 13.5. The number of carbonyl (C=O) groups excluding carboxylic acids is 2. The van der Waals surface area contributed by atoms with E-state index in [0.717, 1.165) is 69.5 Å². The van der Waals surface area contributed by atoms with Crippen LogP contribution in [-0.4, -0.2) is 45.9 Å². The first kappa shape index (κ1) is 18.4. The molecule has 1 saturated heterocycles. The summed E-state index contributed by atoms with van der Waals surface area (Å²) in [5.74, 6) is 0.406. The Morgan fingerprint density at radius 2 is 1.55 bits per heavy atom. The number of hydrogen-bond acceptors (Lipinski definition) is 3. The molecule has 29 heavy (non-hydrogen) atoms. The van der Waals surface area contributed by atoms with Gasteiger partial charge in [0.25, 0.3) is 11.8 Å². The van der Waals surface area contributed by atoms with Gasteiger partial charge in [-0.25, -0.2) is 4.98 Å². The van der Waals surface area contributed by atoms with Crippen LogP contribution in [0.25, 0.3) is 0 Å². The molecular weight excluding hydrogens is 364 g/mol. The van der Waals surface area contributed by atoms with Crippen molar-refractivity contribution < 1.29 is 9.59 Å². The molecule has 1 aromatic carbocycles. The minimum Gasteiger partial charge on any atom is -0.336 e. The van der Waals surface area contributed by atoms with Gasteiger partial charge in [-0.3, -0.25) is 9.59 Å². The van der Waals surface area contributed by atoms with Crippen molar-refractivity contribution in [1.82, 2.24) is 14.5 Å². The van der Waals surface area contributed by atoms with Crippen molar-refractivity contribution in [3.8, 4) is 0 Å². The van der Waals surface area contributed by atoms with E-state index in [9.17, 15) is 9.59 Å². The number of nitrogens with zero attached hydrogens (tertiary/aromatic N) is 4. The number of imidazole rings is 1. The molecule has 0 N–H and O–H groups in total. The summed E-state index contributed by atoms with van der Waals surface area (Å²) < 4.78 is 2.03. The maximum atomic E-state index is 13.5. The fraction of sp³-hybridized carbons (Fsp3) is 0.522. The number of aromatic nitrogens is 2. The van der Waals surface area contributed by atoms with Gasteiger partial charge in [-0.15, -0.1) is 0 Å². The van der Waals surface area contributed by atoms with E-state index in [1.54, 1.807) is 0 Å². The molecule has 0 bridgehead atoms. The van der Waals surface area contributed by atoms with Gasteiger partial charge in [0.2, 0.25) is 0 Å². The van der Waals surface area contributed by atoms with Crippen molar-refractivity contribution >= 4 is 17.5 Å².